The molecule has 0 atom stereocenters. The van der Waals surface area contributed by atoms with Gasteiger partial charge in [-0.3, -0.25) is 0 Å². The molecule has 4 heteroatoms. The molecule has 2 fully saturated rings. The van der Waals surface area contributed by atoms with Gasteiger partial charge in [-0.15, -0.1) is 0 Å². The monoisotopic (exact) mass is 189 g/mol. The molecular weight excluding hydrogens is 174 g/mol. The van der Waals surface area contributed by atoms with E-state index >= 15 is 0 Å². The van der Waals surface area contributed by atoms with E-state index in [2.05, 4.69) is 0 Å². The smallest absolute Gasteiger partial charge is 0.211 e. The molecule has 1 spiro atoms. The summed E-state index contributed by atoms with van der Waals surface area (Å²) in [7, 11) is -2.91. The standard InChI is InChI=1S/C8H15NO2S/c1-12(10,11)9-6-4-8(2-3-8)5-7-9/h2-7H2,1H3. The quantitative estimate of drug-likeness (QED) is 0.612. The number of piperidine rings is 1. The Morgan fingerprint density at radius 2 is 1.58 bits per heavy atom. The zero-order chi connectivity index (χ0) is 8.82. The van der Waals surface area contributed by atoms with Crippen LogP contribution >= 0.6 is 0 Å². The topological polar surface area (TPSA) is 37.4 Å². The summed E-state index contributed by atoms with van der Waals surface area (Å²) < 4.78 is 23.9. The van der Waals surface area contributed by atoms with E-state index in [1.54, 1.807) is 4.31 Å². The molecule has 0 amide bonds. The fourth-order valence-corrected chi connectivity index (χ4v) is 2.81. The second kappa shape index (κ2) is 2.45. The largest absolute Gasteiger partial charge is 0.213 e. The minimum Gasteiger partial charge on any atom is -0.213 e. The Bertz CT molecular complexity index is 269. The van der Waals surface area contributed by atoms with Crippen molar-refractivity contribution < 1.29 is 8.42 Å². The van der Waals surface area contributed by atoms with Crippen LogP contribution in [0.25, 0.3) is 0 Å². The maximum atomic E-state index is 11.1. The molecule has 1 heterocycles. The zero-order valence-electron chi connectivity index (χ0n) is 7.41. The Morgan fingerprint density at radius 3 is 1.92 bits per heavy atom. The third-order valence-electron chi connectivity index (χ3n) is 3.21. The fourth-order valence-electron chi connectivity index (χ4n) is 1.97. The lowest BCUT2D eigenvalue weighted by atomic mass is 9.95. The highest BCUT2D eigenvalue weighted by molar-refractivity contribution is 7.88. The van der Waals surface area contributed by atoms with E-state index in [0.29, 0.717) is 5.41 Å². The Morgan fingerprint density at radius 1 is 1.08 bits per heavy atom. The molecule has 0 aromatic rings. The van der Waals surface area contributed by atoms with Gasteiger partial charge in [0.05, 0.1) is 6.26 Å². The van der Waals surface area contributed by atoms with E-state index in [1.807, 2.05) is 0 Å². The van der Waals surface area contributed by atoms with Crippen molar-refractivity contribution in [3.05, 3.63) is 0 Å². The SMILES string of the molecule is CS(=O)(=O)N1CCC2(CC1)CC2. The van der Waals surface area contributed by atoms with E-state index in [0.717, 1.165) is 25.9 Å². The maximum Gasteiger partial charge on any atom is 0.211 e. The molecular formula is C8H15NO2S. The van der Waals surface area contributed by atoms with E-state index in [1.165, 1.54) is 19.1 Å². The number of sulfonamides is 1. The molecule has 0 unspecified atom stereocenters. The first kappa shape index (κ1) is 8.51. The molecule has 70 valence electrons. The predicted molar refractivity (Wildman–Crippen MR) is 47.3 cm³/mol. The molecule has 0 aromatic carbocycles. The van der Waals surface area contributed by atoms with Crippen LogP contribution in [0.3, 0.4) is 0 Å². The summed E-state index contributed by atoms with van der Waals surface area (Å²) in [5.41, 5.74) is 0.571. The van der Waals surface area contributed by atoms with Crippen molar-refractivity contribution in [2.75, 3.05) is 19.3 Å². The van der Waals surface area contributed by atoms with Gasteiger partial charge in [-0.25, -0.2) is 12.7 Å². The molecule has 0 radical (unpaired) electrons. The van der Waals surface area contributed by atoms with Crippen LogP contribution in [0.15, 0.2) is 0 Å². The normalized spacial score (nSPS) is 29.1. The molecule has 1 aliphatic heterocycles. The van der Waals surface area contributed by atoms with Gasteiger partial charge in [0, 0.05) is 13.1 Å². The van der Waals surface area contributed by atoms with Crippen LogP contribution in [-0.2, 0) is 10.0 Å². The van der Waals surface area contributed by atoms with Gasteiger partial charge in [-0.1, -0.05) is 0 Å². The second-order valence-electron chi connectivity index (χ2n) is 4.16. The molecule has 1 saturated heterocycles. The molecule has 12 heavy (non-hydrogen) atoms. The molecule has 3 nitrogen and oxygen atoms in total. The van der Waals surface area contributed by atoms with Gasteiger partial charge in [0.2, 0.25) is 10.0 Å². The first-order valence-corrected chi connectivity index (χ1v) is 6.32. The third kappa shape index (κ3) is 1.50. The maximum absolute atomic E-state index is 11.1. The predicted octanol–water partition coefficient (Wildman–Crippen LogP) is 0.822. The Labute approximate surface area is 73.8 Å². The molecule has 2 aliphatic rings. The summed E-state index contributed by atoms with van der Waals surface area (Å²) in [6.07, 6.45) is 6.12. The molecule has 1 saturated carbocycles. The zero-order valence-corrected chi connectivity index (χ0v) is 8.23. The van der Waals surface area contributed by atoms with E-state index < -0.39 is 10.0 Å². The highest BCUT2D eigenvalue weighted by Crippen LogP contribution is 2.53. The van der Waals surface area contributed by atoms with Crippen molar-refractivity contribution >= 4 is 10.0 Å². The van der Waals surface area contributed by atoms with E-state index in [-0.39, 0.29) is 0 Å². The minimum absolute atomic E-state index is 0.571. The van der Waals surface area contributed by atoms with Crippen molar-refractivity contribution in [2.24, 2.45) is 5.41 Å². The van der Waals surface area contributed by atoms with E-state index in [9.17, 15) is 8.42 Å². The lowest BCUT2D eigenvalue weighted by Crippen LogP contribution is -2.38. The van der Waals surface area contributed by atoms with Crippen LogP contribution in [0, 0.1) is 5.41 Å². The lowest BCUT2D eigenvalue weighted by molar-refractivity contribution is 0.259. The van der Waals surface area contributed by atoms with Crippen LogP contribution in [0.1, 0.15) is 25.7 Å². The van der Waals surface area contributed by atoms with Crippen LogP contribution in [0.5, 0.6) is 0 Å². The Hall–Kier alpha value is -0.0900. The van der Waals surface area contributed by atoms with Crippen molar-refractivity contribution in [3.63, 3.8) is 0 Å². The van der Waals surface area contributed by atoms with E-state index in [4.69, 9.17) is 0 Å². The third-order valence-corrected chi connectivity index (χ3v) is 4.51. The van der Waals surface area contributed by atoms with Crippen molar-refractivity contribution in [1.82, 2.24) is 4.31 Å². The van der Waals surface area contributed by atoms with Crippen molar-refractivity contribution in [1.29, 1.82) is 0 Å². The average molecular weight is 189 g/mol. The number of hydrogen-bond acceptors (Lipinski definition) is 2. The Kier molecular flexibility index (Phi) is 1.74. The summed E-state index contributed by atoms with van der Waals surface area (Å²) in [4.78, 5) is 0. The summed E-state index contributed by atoms with van der Waals surface area (Å²) in [5.74, 6) is 0. The highest BCUT2D eigenvalue weighted by Gasteiger charge is 2.45. The molecule has 0 aromatic heterocycles. The van der Waals surface area contributed by atoms with Crippen molar-refractivity contribution in [3.8, 4) is 0 Å². The lowest BCUT2D eigenvalue weighted by Gasteiger charge is -2.29. The second-order valence-corrected chi connectivity index (χ2v) is 6.14. The van der Waals surface area contributed by atoms with Crippen LogP contribution in [0.4, 0.5) is 0 Å². The summed E-state index contributed by atoms with van der Waals surface area (Å²) in [6.45, 7) is 1.50. The number of rotatable bonds is 1. The van der Waals surface area contributed by atoms with Crippen LogP contribution < -0.4 is 0 Å². The van der Waals surface area contributed by atoms with Gasteiger partial charge >= 0.3 is 0 Å². The molecule has 1 aliphatic carbocycles. The minimum atomic E-state index is -2.91. The fraction of sp³-hybridized carbons (Fsp3) is 1.00. The van der Waals surface area contributed by atoms with Gasteiger partial charge in [0.1, 0.15) is 0 Å². The molecule has 0 bridgehead atoms. The van der Waals surface area contributed by atoms with Crippen LogP contribution in [0.2, 0.25) is 0 Å². The van der Waals surface area contributed by atoms with Gasteiger partial charge in [-0.05, 0) is 31.1 Å². The van der Waals surface area contributed by atoms with Gasteiger partial charge in [0.25, 0.3) is 0 Å². The first-order valence-electron chi connectivity index (χ1n) is 4.47. The Balaban J connectivity index is 1.99. The van der Waals surface area contributed by atoms with Crippen molar-refractivity contribution in [2.45, 2.75) is 25.7 Å². The van der Waals surface area contributed by atoms with Crippen LogP contribution in [-0.4, -0.2) is 32.1 Å². The highest BCUT2D eigenvalue weighted by atomic mass is 32.2. The summed E-state index contributed by atoms with van der Waals surface area (Å²) in [5, 5.41) is 0. The number of nitrogens with zero attached hydrogens (tertiary/aromatic N) is 1. The molecule has 2 rings (SSSR count). The summed E-state index contributed by atoms with van der Waals surface area (Å²) >= 11 is 0. The van der Waals surface area contributed by atoms with Gasteiger partial charge < -0.3 is 0 Å². The average Bonchev–Trinajstić information content (AvgIpc) is 2.68. The summed E-state index contributed by atoms with van der Waals surface area (Å²) in [6, 6.07) is 0. The number of hydrogen-bond donors (Lipinski definition) is 0. The van der Waals surface area contributed by atoms with Gasteiger partial charge in [0.15, 0.2) is 0 Å². The van der Waals surface area contributed by atoms with Gasteiger partial charge in [-0.2, -0.15) is 0 Å². The first-order chi connectivity index (χ1) is 5.52. The molecule has 0 N–H and O–H groups in total.